The van der Waals surface area contributed by atoms with Crippen LogP contribution >= 0.6 is 0 Å². The zero-order valence-electron chi connectivity index (χ0n) is 15.8. The summed E-state index contributed by atoms with van der Waals surface area (Å²) in [5.41, 5.74) is 0.566. The van der Waals surface area contributed by atoms with Gasteiger partial charge >= 0.3 is 6.03 Å². The Balaban J connectivity index is 1.47. The predicted molar refractivity (Wildman–Crippen MR) is 106 cm³/mol. The van der Waals surface area contributed by atoms with Gasteiger partial charge in [0.05, 0.1) is 5.69 Å². The second-order valence-corrected chi connectivity index (χ2v) is 6.70. The molecule has 31 heavy (non-hydrogen) atoms. The van der Waals surface area contributed by atoms with Gasteiger partial charge in [-0.2, -0.15) is 0 Å². The third-order valence-electron chi connectivity index (χ3n) is 4.76. The lowest BCUT2D eigenvalue weighted by molar-refractivity contribution is -0.122. The van der Waals surface area contributed by atoms with Gasteiger partial charge in [-0.15, -0.1) is 0 Å². The maximum Gasteiger partial charge on any atom is 0.335 e. The molecule has 0 unspecified atom stereocenters. The predicted octanol–water partition coefficient (Wildman–Crippen LogP) is 3.48. The summed E-state index contributed by atoms with van der Waals surface area (Å²) < 4.78 is 29.3. The van der Waals surface area contributed by atoms with Crippen LogP contribution in [0.25, 0.3) is 17.4 Å². The maximum atomic E-state index is 13.1. The molecule has 5 rings (SSSR count). The number of hydrogen-bond acceptors (Lipinski definition) is 6. The first kappa shape index (κ1) is 18.6. The molecule has 4 amide bonds. The number of urea groups is 1. The number of hydrogen-bond donors (Lipinski definition) is 1. The fraction of sp³-hybridized carbons (Fsp3) is 0.0455. The van der Waals surface area contributed by atoms with Crippen molar-refractivity contribution in [1.82, 2.24) is 5.32 Å². The van der Waals surface area contributed by atoms with Crippen molar-refractivity contribution in [2.75, 3.05) is 11.7 Å². The number of anilines is 1. The number of nitrogens with zero attached hydrogens (tertiary/aromatic N) is 1. The number of benzene rings is 2. The quantitative estimate of drug-likeness (QED) is 0.515. The van der Waals surface area contributed by atoms with E-state index in [1.54, 1.807) is 30.3 Å². The molecule has 1 fully saturated rings. The number of amides is 4. The number of imide groups is 2. The van der Waals surface area contributed by atoms with Gasteiger partial charge in [0.15, 0.2) is 11.5 Å². The topological polar surface area (TPSA) is 98.1 Å². The van der Waals surface area contributed by atoms with E-state index in [9.17, 15) is 18.8 Å². The largest absolute Gasteiger partial charge is 0.457 e. The summed E-state index contributed by atoms with van der Waals surface area (Å²) in [5.74, 6) is -0.508. The van der Waals surface area contributed by atoms with Crippen molar-refractivity contribution in [3.8, 4) is 22.8 Å². The Kier molecular flexibility index (Phi) is 4.28. The minimum absolute atomic E-state index is 0.0391. The van der Waals surface area contributed by atoms with Crippen molar-refractivity contribution in [3.05, 3.63) is 71.7 Å². The summed E-state index contributed by atoms with van der Waals surface area (Å²) >= 11 is 0. The molecule has 2 aliphatic heterocycles. The number of halogens is 1. The van der Waals surface area contributed by atoms with Crippen LogP contribution in [0.1, 0.15) is 5.76 Å². The monoisotopic (exact) mass is 420 g/mol. The van der Waals surface area contributed by atoms with Gasteiger partial charge < -0.3 is 13.9 Å². The second-order valence-electron chi connectivity index (χ2n) is 6.70. The third-order valence-corrected chi connectivity index (χ3v) is 4.76. The Labute approximate surface area is 174 Å². The lowest BCUT2D eigenvalue weighted by Crippen LogP contribution is -2.54. The minimum Gasteiger partial charge on any atom is -0.457 e. The lowest BCUT2D eigenvalue weighted by atomic mass is 10.1. The standard InChI is InChI=1S/C22H13FN2O6/c23-13-3-1-12(2-4-13)17-8-6-15(31-17)10-16-20(26)24-22(28)25(21(16)27)14-5-7-18-19(9-14)30-11-29-18/h1-10H,11H2,(H,24,26,28)/b16-10+. The number of fused-ring (bicyclic) bond motifs is 1. The van der Waals surface area contributed by atoms with Gasteiger partial charge in [0, 0.05) is 11.6 Å². The summed E-state index contributed by atoms with van der Waals surface area (Å²) in [6.07, 6.45) is 1.25. The highest BCUT2D eigenvalue weighted by molar-refractivity contribution is 6.39. The highest BCUT2D eigenvalue weighted by atomic mass is 19.1. The highest BCUT2D eigenvalue weighted by Crippen LogP contribution is 2.36. The molecule has 3 heterocycles. The zero-order valence-corrected chi connectivity index (χ0v) is 15.8. The summed E-state index contributed by atoms with van der Waals surface area (Å²) in [5, 5.41) is 2.14. The van der Waals surface area contributed by atoms with Crippen LogP contribution in [0.3, 0.4) is 0 Å². The molecule has 2 aromatic carbocycles. The lowest BCUT2D eigenvalue weighted by Gasteiger charge is -2.26. The average Bonchev–Trinajstić information content (AvgIpc) is 3.40. The first-order valence-corrected chi connectivity index (χ1v) is 9.16. The van der Waals surface area contributed by atoms with Gasteiger partial charge in [-0.3, -0.25) is 14.9 Å². The number of carbonyl (C=O) groups excluding carboxylic acids is 3. The molecule has 3 aromatic rings. The van der Waals surface area contributed by atoms with Crippen molar-refractivity contribution in [2.24, 2.45) is 0 Å². The molecule has 1 saturated heterocycles. The Hall–Kier alpha value is -4.40. The molecule has 2 aliphatic rings. The minimum atomic E-state index is -0.877. The second kappa shape index (κ2) is 7.13. The van der Waals surface area contributed by atoms with Gasteiger partial charge in [-0.25, -0.2) is 14.1 Å². The Bertz CT molecular complexity index is 1260. The van der Waals surface area contributed by atoms with Crippen molar-refractivity contribution in [2.45, 2.75) is 0 Å². The molecule has 0 spiro atoms. The average molecular weight is 420 g/mol. The van der Waals surface area contributed by atoms with Crippen LogP contribution in [-0.2, 0) is 9.59 Å². The van der Waals surface area contributed by atoms with Crippen LogP contribution < -0.4 is 19.7 Å². The van der Waals surface area contributed by atoms with E-state index in [2.05, 4.69) is 5.32 Å². The van der Waals surface area contributed by atoms with Gasteiger partial charge in [0.25, 0.3) is 11.8 Å². The molecule has 1 N–H and O–H groups in total. The first-order chi connectivity index (χ1) is 15.0. The molecule has 8 nitrogen and oxygen atoms in total. The zero-order chi connectivity index (χ0) is 21.5. The van der Waals surface area contributed by atoms with E-state index < -0.39 is 17.8 Å². The molecule has 0 saturated carbocycles. The molecule has 1 aromatic heterocycles. The van der Waals surface area contributed by atoms with E-state index in [0.717, 1.165) is 4.90 Å². The fourth-order valence-corrected chi connectivity index (χ4v) is 3.26. The van der Waals surface area contributed by atoms with E-state index >= 15 is 0 Å². The number of ether oxygens (including phenoxy) is 2. The van der Waals surface area contributed by atoms with Crippen molar-refractivity contribution >= 4 is 29.6 Å². The Morgan fingerprint density at radius 3 is 2.52 bits per heavy atom. The molecular weight excluding hydrogens is 407 g/mol. The SMILES string of the molecule is O=C1NC(=O)N(c2ccc3c(c2)OCO3)C(=O)/C1=C/c1ccc(-c2ccc(F)cc2)o1. The molecular formula is C22H13FN2O6. The summed E-state index contributed by atoms with van der Waals surface area (Å²) in [4.78, 5) is 38.5. The van der Waals surface area contributed by atoms with Gasteiger partial charge in [0.2, 0.25) is 6.79 Å². The summed E-state index contributed by atoms with van der Waals surface area (Å²) in [6, 6.07) is 12.6. The van der Waals surface area contributed by atoms with Crippen LogP contribution in [-0.4, -0.2) is 24.6 Å². The van der Waals surface area contributed by atoms with Gasteiger partial charge in [-0.05, 0) is 54.6 Å². The highest BCUT2D eigenvalue weighted by Gasteiger charge is 2.37. The van der Waals surface area contributed by atoms with Crippen LogP contribution in [0.15, 0.2) is 64.6 Å². The normalized spacial score (nSPS) is 16.7. The smallest absolute Gasteiger partial charge is 0.335 e. The van der Waals surface area contributed by atoms with E-state index in [1.807, 2.05) is 0 Å². The Morgan fingerprint density at radius 1 is 0.935 bits per heavy atom. The summed E-state index contributed by atoms with van der Waals surface area (Å²) in [6.45, 7) is 0.0391. The van der Waals surface area contributed by atoms with Crippen molar-refractivity contribution in [1.29, 1.82) is 0 Å². The van der Waals surface area contributed by atoms with E-state index in [1.165, 1.54) is 30.3 Å². The fourth-order valence-electron chi connectivity index (χ4n) is 3.26. The molecule has 0 aliphatic carbocycles. The molecule has 0 bridgehead atoms. The van der Waals surface area contributed by atoms with Crippen LogP contribution in [0.5, 0.6) is 11.5 Å². The van der Waals surface area contributed by atoms with E-state index in [-0.39, 0.29) is 29.6 Å². The number of furan rings is 1. The van der Waals surface area contributed by atoms with Crippen molar-refractivity contribution in [3.63, 3.8) is 0 Å². The first-order valence-electron chi connectivity index (χ1n) is 9.16. The van der Waals surface area contributed by atoms with Crippen LogP contribution in [0.4, 0.5) is 14.9 Å². The van der Waals surface area contributed by atoms with Gasteiger partial charge in [0.1, 0.15) is 22.9 Å². The maximum absolute atomic E-state index is 13.1. The summed E-state index contributed by atoms with van der Waals surface area (Å²) in [7, 11) is 0. The van der Waals surface area contributed by atoms with Crippen molar-refractivity contribution < 1.29 is 32.7 Å². The number of rotatable bonds is 3. The number of carbonyl (C=O) groups is 3. The molecule has 154 valence electrons. The van der Waals surface area contributed by atoms with Gasteiger partial charge in [-0.1, -0.05) is 0 Å². The molecule has 0 radical (unpaired) electrons. The molecule has 0 atom stereocenters. The third kappa shape index (κ3) is 3.31. The van der Waals surface area contributed by atoms with Crippen LogP contribution in [0, 0.1) is 5.82 Å². The number of nitrogens with one attached hydrogen (secondary N) is 1. The van der Waals surface area contributed by atoms with Crippen LogP contribution in [0.2, 0.25) is 0 Å². The molecule has 9 heteroatoms. The Morgan fingerprint density at radius 2 is 1.71 bits per heavy atom. The van der Waals surface area contributed by atoms with E-state index in [4.69, 9.17) is 13.9 Å². The number of barbiturate groups is 1. The van der Waals surface area contributed by atoms with E-state index in [0.29, 0.717) is 22.8 Å².